The van der Waals surface area contributed by atoms with E-state index in [4.69, 9.17) is 5.73 Å². The van der Waals surface area contributed by atoms with Crippen molar-refractivity contribution < 1.29 is 9.59 Å². The average molecular weight is 343 g/mol. The van der Waals surface area contributed by atoms with Crippen LogP contribution in [0, 0.1) is 5.92 Å². The van der Waals surface area contributed by atoms with Crippen LogP contribution in [0.3, 0.4) is 0 Å². The summed E-state index contributed by atoms with van der Waals surface area (Å²) in [5.41, 5.74) is 8.56. The second kappa shape index (κ2) is 6.41. The van der Waals surface area contributed by atoms with Crippen LogP contribution in [0.15, 0.2) is 66.7 Å². The number of hydrogen-bond acceptors (Lipinski definition) is 2. The number of benzene rings is 3. The molecule has 3 heteroatoms. The largest absolute Gasteiger partial charge is 0.369 e. The van der Waals surface area contributed by atoms with Gasteiger partial charge in [0.05, 0.1) is 5.92 Å². The normalized spacial score (nSPS) is 20.6. The summed E-state index contributed by atoms with van der Waals surface area (Å²) in [5, 5.41) is 2.35. The zero-order valence-corrected chi connectivity index (χ0v) is 14.7. The third-order valence-electron chi connectivity index (χ3n) is 5.68. The van der Waals surface area contributed by atoms with Crippen LogP contribution in [0.25, 0.3) is 10.8 Å². The fourth-order valence-electron chi connectivity index (χ4n) is 4.43. The van der Waals surface area contributed by atoms with Gasteiger partial charge < -0.3 is 5.73 Å². The van der Waals surface area contributed by atoms with Crippen LogP contribution in [0.5, 0.6) is 0 Å². The minimum absolute atomic E-state index is 0.00534. The summed E-state index contributed by atoms with van der Waals surface area (Å²) < 4.78 is 0. The Morgan fingerprint density at radius 2 is 1.69 bits per heavy atom. The highest BCUT2D eigenvalue weighted by Gasteiger charge is 2.40. The summed E-state index contributed by atoms with van der Waals surface area (Å²) in [6.45, 7) is 2.13. The molecule has 0 bridgehead atoms. The van der Waals surface area contributed by atoms with Crippen molar-refractivity contribution >= 4 is 22.5 Å². The van der Waals surface area contributed by atoms with Crippen molar-refractivity contribution in [3.8, 4) is 0 Å². The van der Waals surface area contributed by atoms with Crippen molar-refractivity contribution in [1.29, 1.82) is 0 Å². The number of fused-ring (bicyclic) bond motifs is 2. The quantitative estimate of drug-likeness (QED) is 0.765. The van der Waals surface area contributed by atoms with E-state index in [-0.39, 0.29) is 24.0 Å². The summed E-state index contributed by atoms with van der Waals surface area (Å²) in [6, 6.07) is 22.1. The Bertz CT molecular complexity index is 1000. The second-order valence-electron chi connectivity index (χ2n) is 7.11. The zero-order chi connectivity index (χ0) is 18.3. The van der Waals surface area contributed by atoms with Gasteiger partial charge in [0.2, 0.25) is 5.91 Å². The summed E-state index contributed by atoms with van der Waals surface area (Å²) >= 11 is 0. The number of carbonyl (C=O) groups excluding carboxylic acids is 2. The lowest BCUT2D eigenvalue weighted by atomic mass is 9.67. The molecule has 0 saturated heterocycles. The Kier molecular flexibility index (Phi) is 4.08. The number of ketones is 1. The Balaban J connectivity index is 1.89. The van der Waals surface area contributed by atoms with Crippen molar-refractivity contribution in [1.82, 2.24) is 0 Å². The van der Waals surface area contributed by atoms with Gasteiger partial charge in [-0.15, -0.1) is 0 Å². The fraction of sp³-hybridized carbons (Fsp3) is 0.217. The van der Waals surface area contributed by atoms with Gasteiger partial charge in [0.15, 0.2) is 5.78 Å². The first-order valence-electron chi connectivity index (χ1n) is 8.97. The minimum atomic E-state index is -0.480. The first-order valence-corrected chi connectivity index (χ1v) is 8.97. The van der Waals surface area contributed by atoms with Crippen LogP contribution >= 0.6 is 0 Å². The Morgan fingerprint density at radius 1 is 1.00 bits per heavy atom. The van der Waals surface area contributed by atoms with Crippen LogP contribution in [0.1, 0.15) is 46.7 Å². The van der Waals surface area contributed by atoms with Crippen molar-refractivity contribution in [3.63, 3.8) is 0 Å². The molecule has 0 fully saturated rings. The molecule has 4 rings (SSSR count). The molecule has 3 atom stereocenters. The van der Waals surface area contributed by atoms with Crippen LogP contribution < -0.4 is 5.73 Å². The average Bonchev–Trinajstić information content (AvgIpc) is 2.67. The Morgan fingerprint density at radius 3 is 2.50 bits per heavy atom. The maximum atomic E-state index is 12.5. The molecule has 1 aliphatic rings. The second-order valence-corrected chi connectivity index (χ2v) is 7.11. The fourth-order valence-corrected chi connectivity index (χ4v) is 4.43. The first-order chi connectivity index (χ1) is 12.6. The highest BCUT2D eigenvalue weighted by atomic mass is 16.1. The number of primary amides is 1. The molecule has 130 valence electrons. The van der Waals surface area contributed by atoms with Crippen LogP contribution in [-0.4, -0.2) is 11.7 Å². The highest BCUT2D eigenvalue weighted by molar-refractivity contribution is 6.02. The van der Waals surface area contributed by atoms with E-state index < -0.39 is 11.8 Å². The molecule has 3 nitrogen and oxygen atoms in total. The van der Waals surface area contributed by atoms with Gasteiger partial charge in [-0.1, -0.05) is 73.7 Å². The molecule has 0 aromatic heterocycles. The molecule has 3 aromatic rings. The molecule has 1 amide bonds. The van der Waals surface area contributed by atoms with Crippen molar-refractivity contribution in [2.75, 3.05) is 0 Å². The van der Waals surface area contributed by atoms with Crippen LogP contribution in [-0.2, 0) is 4.79 Å². The van der Waals surface area contributed by atoms with Gasteiger partial charge in [0.25, 0.3) is 0 Å². The van der Waals surface area contributed by atoms with E-state index in [1.165, 1.54) is 16.3 Å². The van der Waals surface area contributed by atoms with E-state index in [0.717, 1.165) is 11.1 Å². The number of carbonyl (C=O) groups is 2. The Hall–Kier alpha value is -2.94. The highest BCUT2D eigenvalue weighted by Crippen LogP contribution is 2.46. The van der Waals surface area contributed by atoms with Gasteiger partial charge in [-0.3, -0.25) is 9.59 Å². The lowest BCUT2D eigenvalue weighted by molar-refractivity contribution is -0.122. The van der Waals surface area contributed by atoms with E-state index >= 15 is 0 Å². The van der Waals surface area contributed by atoms with E-state index in [2.05, 4.69) is 31.2 Å². The van der Waals surface area contributed by atoms with Gasteiger partial charge in [-0.2, -0.15) is 0 Å². The third-order valence-corrected chi connectivity index (χ3v) is 5.68. The maximum absolute atomic E-state index is 12.5. The predicted octanol–water partition coefficient (Wildman–Crippen LogP) is 4.42. The number of rotatable bonds is 3. The minimum Gasteiger partial charge on any atom is -0.369 e. The first kappa shape index (κ1) is 16.5. The van der Waals surface area contributed by atoms with E-state index in [1.807, 2.05) is 42.5 Å². The molecule has 1 aliphatic carbocycles. The SMILES string of the molecule is C[C@@H](c1cccc2ccccc12)C1c2ccccc2C(=O)CC1C(N)=O. The van der Waals surface area contributed by atoms with Gasteiger partial charge >= 0.3 is 0 Å². The molecule has 0 aliphatic heterocycles. The number of amides is 1. The molecule has 0 spiro atoms. The monoisotopic (exact) mass is 343 g/mol. The molecule has 0 radical (unpaired) electrons. The van der Waals surface area contributed by atoms with Gasteiger partial charge in [-0.25, -0.2) is 0 Å². The van der Waals surface area contributed by atoms with Crippen molar-refractivity contribution in [3.05, 3.63) is 83.4 Å². The Labute approximate surface area is 152 Å². The standard InChI is InChI=1S/C23H21NO2/c1-14(16-12-6-8-15-7-2-3-9-17(15)16)22-19-11-5-4-10-18(19)21(25)13-20(22)23(24)26/h2-12,14,20,22H,13H2,1H3,(H2,24,26)/t14-,20?,22?/m0/s1. The smallest absolute Gasteiger partial charge is 0.221 e. The van der Waals surface area contributed by atoms with Crippen molar-refractivity contribution in [2.45, 2.75) is 25.2 Å². The van der Waals surface area contributed by atoms with Crippen molar-refractivity contribution in [2.24, 2.45) is 11.7 Å². The molecule has 0 saturated carbocycles. The zero-order valence-electron chi connectivity index (χ0n) is 14.7. The lowest BCUT2D eigenvalue weighted by Crippen LogP contribution is -2.37. The number of nitrogens with two attached hydrogens (primary N) is 1. The van der Waals surface area contributed by atoms with Gasteiger partial charge in [0, 0.05) is 17.9 Å². The molecular weight excluding hydrogens is 322 g/mol. The molecule has 2 unspecified atom stereocenters. The van der Waals surface area contributed by atoms with Crippen LogP contribution in [0.4, 0.5) is 0 Å². The summed E-state index contributed by atoms with van der Waals surface area (Å²) in [6.07, 6.45) is 0.187. The maximum Gasteiger partial charge on any atom is 0.221 e. The molecule has 0 heterocycles. The summed E-state index contributed by atoms with van der Waals surface area (Å²) in [4.78, 5) is 24.7. The molecular formula is C23H21NO2. The summed E-state index contributed by atoms with van der Waals surface area (Å²) in [5.74, 6) is -0.915. The number of hydrogen-bond donors (Lipinski definition) is 1. The topological polar surface area (TPSA) is 60.2 Å². The van der Waals surface area contributed by atoms with Crippen LogP contribution in [0.2, 0.25) is 0 Å². The van der Waals surface area contributed by atoms with E-state index in [1.54, 1.807) is 0 Å². The van der Waals surface area contributed by atoms with E-state index in [9.17, 15) is 9.59 Å². The lowest BCUT2D eigenvalue weighted by Gasteiger charge is -2.35. The molecule has 2 N–H and O–H groups in total. The molecule has 3 aromatic carbocycles. The number of Topliss-reactive ketones (excluding diaryl/α,β-unsaturated/α-hetero) is 1. The predicted molar refractivity (Wildman–Crippen MR) is 103 cm³/mol. The molecule has 26 heavy (non-hydrogen) atoms. The third kappa shape index (κ3) is 2.60. The van der Waals surface area contributed by atoms with Gasteiger partial charge in [-0.05, 0) is 27.8 Å². The van der Waals surface area contributed by atoms with E-state index in [0.29, 0.717) is 0 Å². The van der Waals surface area contributed by atoms with Gasteiger partial charge in [0.1, 0.15) is 0 Å². The summed E-state index contributed by atoms with van der Waals surface area (Å²) in [7, 11) is 0.